The molecule has 0 saturated heterocycles. The smallest absolute Gasteiger partial charge is 0.207 e. The van der Waals surface area contributed by atoms with Crippen molar-refractivity contribution in [3.05, 3.63) is 58.6 Å². The van der Waals surface area contributed by atoms with Crippen LogP contribution in [0.5, 0.6) is 0 Å². The van der Waals surface area contributed by atoms with Gasteiger partial charge in [0.2, 0.25) is 20.0 Å². The van der Waals surface area contributed by atoms with Crippen LogP contribution in [0.1, 0.15) is 31.9 Å². The van der Waals surface area contributed by atoms with Crippen LogP contribution in [0.3, 0.4) is 0 Å². The van der Waals surface area contributed by atoms with E-state index in [1.807, 2.05) is 38.1 Å². The first-order valence-corrected chi connectivity index (χ1v) is 12.5. The summed E-state index contributed by atoms with van der Waals surface area (Å²) in [4.78, 5) is 0.120. The molecule has 0 spiro atoms. The molecule has 0 aliphatic carbocycles. The molecule has 9 heteroatoms. The quantitative estimate of drug-likeness (QED) is 0.565. The van der Waals surface area contributed by atoms with Crippen molar-refractivity contribution < 1.29 is 16.8 Å². The number of hydrogen-bond donors (Lipinski definition) is 0. The second-order valence-corrected chi connectivity index (χ2v) is 11.5. The van der Waals surface area contributed by atoms with E-state index in [1.165, 1.54) is 42.7 Å². The molecular weight excluding hydrogens is 464 g/mol. The minimum absolute atomic E-state index is 0.0531. The zero-order chi connectivity index (χ0) is 21.1. The molecule has 0 radical (unpaired) electrons. The SMILES string of the molecule is CCCN([C@H](C)c1ccccc1Br)S(=O)(=O)c1ccc(S(=O)(=O)N(C)C)cc1. The Bertz CT molecular complexity index is 1020. The number of rotatable bonds is 8. The van der Waals surface area contributed by atoms with Crippen molar-refractivity contribution in [2.75, 3.05) is 20.6 Å². The summed E-state index contributed by atoms with van der Waals surface area (Å²) in [6, 6.07) is 12.5. The van der Waals surface area contributed by atoms with Crippen molar-refractivity contribution in [1.29, 1.82) is 0 Å². The molecule has 28 heavy (non-hydrogen) atoms. The lowest BCUT2D eigenvalue weighted by atomic mass is 10.1. The molecule has 0 aliphatic heterocycles. The third kappa shape index (κ3) is 4.65. The predicted molar refractivity (Wildman–Crippen MR) is 114 cm³/mol. The molecule has 0 aliphatic rings. The summed E-state index contributed by atoms with van der Waals surface area (Å²) in [7, 11) is -4.56. The molecule has 0 heterocycles. The van der Waals surface area contributed by atoms with E-state index in [9.17, 15) is 16.8 Å². The molecule has 0 fully saturated rings. The van der Waals surface area contributed by atoms with Gasteiger partial charge in [-0.3, -0.25) is 0 Å². The lowest BCUT2D eigenvalue weighted by Gasteiger charge is -2.29. The van der Waals surface area contributed by atoms with Crippen LogP contribution >= 0.6 is 15.9 Å². The summed E-state index contributed by atoms with van der Waals surface area (Å²) in [6.45, 7) is 4.11. The maximum atomic E-state index is 13.3. The van der Waals surface area contributed by atoms with Gasteiger partial charge in [-0.15, -0.1) is 0 Å². The molecule has 2 aromatic rings. The Balaban J connectivity index is 2.45. The van der Waals surface area contributed by atoms with Gasteiger partial charge < -0.3 is 0 Å². The molecular formula is C19H25BrN2O4S2. The number of benzene rings is 2. The van der Waals surface area contributed by atoms with E-state index in [-0.39, 0.29) is 15.8 Å². The second-order valence-electron chi connectivity index (χ2n) is 6.57. The summed E-state index contributed by atoms with van der Waals surface area (Å²) in [5, 5.41) is 0. The average Bonchev–Trinajstić information content (AvgIpc) is 2.65. The molecule has 0 saturated carbocycles. The number of sulfonamides is 2. The van der Waals surface area contributed by atoms with E-state index in [1.54, 1.807) is 0 Å². The standard InChI is InChI=1S/C19H25BrN2O4S2/c1-5-14-22(15(2)18-8-6-7-9-19(18)20)28(25,26)17-12-10-16(11-13-17)27(23,24)21(3)4/h6-13,15H,5,14H2,1-4H3/t15-/m1/s1. The van der Waals surface area contributed by atoms with Gasteiger partial charge >= 0.3 is 0 Å². The van der Waals surface area contributed by atoms with Crippen LogP contribution in [0.4, 0.5) is 0 Å². The predicted octanol–water partition coefficient (Wildman–Crippen LogP) is 3.86. The molecule has 1 atom stereocenters. The third-order valence-electron chi connectivity index (χ3n) is 4.44. The third-order valence-corrected chi connectivity index (χ3v) is 8.98. The van der Waals surface area contributed by atoms with Crippen LogP contribution < -0.4 is 0 Å². The minimum Gasteiger partial charge on any atom is -0.207 e. The van der Waals surface area contributed by atoms with Crippen molar-refractivity contribution >= 4 is 36.0 Å². The van der Waals surface area contributed by atoms with Crippen molar-refractivity contribution in [3.8, 4) is 0 Å². The van der Waals surface area contributed by atoms with Crippen LogP contribution in [-0.2, 0) is 20.0 Å². The molecule has 0 amide bonds. The number of nitrogens with zero attached hydrogens (tertiary/aromatic N) is 2. The van der Waals surface area contributed by atoms with Gasteiger partial charge in [-0.25, -0.2) is 21.1 Å². The van der Waals surface area contributed by atoms with Gasteiger partial charge in [-0.1, -0.05) is 41.1 Å². The highest BCUT2D eigenvalue weighted by molar-refractivity contribution is 9.10. The maximum absolute atomic E-state index is 13.3. The highest BCUT2D eigenvalue weighted by Gasteiger charge is 2.30. The highest BCUT2D eigenvalue weighted by Crippen LogP contribution is 2.32. The van der Waals surface area contributed by atoms with E-state index in [0.717, 1.165) is 14.3 Å². The van der Waals surface area contributed by atoms with Gasteiger partial charge in [0.25, 0.3) is 0 Å². The van der Waals surface area contributed by atoms with E-state index < -0.39 is 20.0 Å². The van der Waals surface area contributed by atoms with Crippen molar-refractivity contribution in [1.82, 2.24) is 8.61 Å². The van der Waals surface area contributed by atoms with E-state index in [2.05, 4.69) is 15.9 Å². The highest BCUT2D eigenvalue weighted by atomic mass is 79.9. The first-order chi connectivity index (χ1) is 13.0. The van der Waals surface area contributed by atoms with Crippen molar-refractivity contribution in [2.24, 2.45) is 0 Å². The fraction of sp³-hybridized carbons (Fsp3) is 0.368. The van der Waals surface area contributed by atoms with Crippen LogP contribution in [0, 0.1) is 0 Å². The lowest BCUT2D eigenvalue weighted by molar-refractivity contribution is 0.341. The molecule has 0 aromatic heterocycles. The first kappa shape index (κ1) is 23.0. The van der Waals surface area contributed by atoms with Crippen molar-refractivity contribution in [2.45, 2.75) is 36.1 Å². The summed E-state index contributed by atoms with van der Waals surface area (Å²) in [5.41, 5.74) is 0.867. The number of hydrogen-bond acceptors (Lipinski definition) is 4. The molecule has 0 N–H and O–H groups in total. The van der Waals surface area contributed by atoms with E-state index >= 15 is 0 Å². The summed E-state index contributed by atoms with van der Waals surface area (Å²) in [6.07, 6.45) is 0.654. The van der Waals surface area contributed by atoms with Gasteiger partial charge in [-0.05, 0) is 49.2 Å². The molecule has 0 unspecified atom stereocenters. The zero-order valence-electron chi connectivity index (χ0n) is 16.3. The minimum atomic E-state index is -3.81. The molecule has 6 nitrogen and oxygen atoms in total. The summed E-state index contributed by atoms with van der Waals surface area (Å²) < 4.78 is 54.4. The van der Waals surface area contributed by atoms with Crippen LogP contribution in [0.25, 0.3) is 0 Å². The van der Waals surface area contributed by atoms with Crippen LogP contribution in [-0.4, -0.2) is 46.1 Å². The summed E-state index contributed by atoms with van der Waals surface area (Å²) >= 11 is 3.49. The average molecular weight is 489 g/mol. The topological polar surface area (TPSA) is 74.8 Å². The normalized spacial score (nSPS) is 13.8. The molecule has 2 aromatic carbocycles. The Morgan fingerprint density at radius 2 is 1.39 bits per heavy atom. The molecule has 0 bridgehead atoms. The fourth-order valence-corrected chi connectivity index (χ4v) is 6.06. The zero-order valence-corrected chi connectivity index (χ0v) is 19.6. The van der Waals surface area contributed by atoms with E-state index in [4.69, 9.17) is 0 Å². The van der Waals surface area contributed by atoms with Gasteiger partial charge in [0.05, 0.1) is 9.79 Å². The lowest BCUT2D eigenvalue weighted by Crippen LogP contribution is -2.34. The van der Waals surface area contributed by atoms with Gasteiger partial charge in [0, 0.05) is 31.2 Å². The fourth-order valence-electron chi connectivity index (χ4n) is 2.84. The van der Waals surface area contributed by atoms with Crippen molar-refractivity contribution in [3.63, 3.8) is 0 Å². The van der Waals surface area contributed by atoms with Crippen LogP contribution in [0.15, 0.2) is 62.8 Å². The first-order valence-electron chi connectivity index (χ1n) is 8.82. The van der Waals surface area contributed by atoms with E-state index in [0.29, 0.717) is 13.0 Å². The largest absolute Gasteiger partial charge is 0.243 e. The monoisotopic (exact) mass is 488 g/mol. The van der Waals surface area contributed by atoms with Gasteiger partial charge in [0.15, 0.2) is 0 Å². The summed E-state index contributed by atoms with van der Waals surface area (Å²) in [5.74, 6) is 0. The molecule has 154 valence electrons. The Hall–Kier alpha value is -1.26. The Labute approximate surface area is 176 Å². The Morgan fingerprint density at radius 1 is 0.893 bits per heavy atom. The second kappa shape index (κ2) is 9.04. The Morgan fingerprint density at radius 3 is 1.86 bits per heavy atom. The number of halogens is 1. The van der Waals surface area contributed by atoms with Crippen LogP contribution in [0.2, 0.25) is 0 Å². The Kier molecular flexibility index (Phi) is 7.44. The maximum Gasteiger partial charge on any atom is 0.243 e. The van der Waals surface area contributed by atoms with Gasteiger partial charge in [-0.2, -0.15) is 4.31 Å². The molecule has 2 rings (SSSR count). The van der Waals surface area contributed by atoms with Gasteiger partial charge in [0.1, 0.15) is 0 Å².